The number of aryl methyl sites for hydroxylation is 1. The smallest absolute Gasteiger partial charge is 0.340 e. The number of carbonyl (C=O) groups is 2. The molecule has 1 amide bonds. The lowest BCUT2D eigenvalue weighted by atomic mass is 9.98. The number of nitrogens with one attached hydrogen (secondary N) is 2. The van der Waals surface area contributed by atoms with Gasteiger partial charge in [-0.3, -0.25) is 9.69 Å². The van der Waals surface area contributed by atoms with Crippen molar-refractivity contribution >= 4 is 11.9 Å². The molecule has 0 atom stereocenters. The standard InChI is InChI=1S/C19H31N3O3/c1-6-25-18(24)15-13(2)16(21-14(15)3)17(23)20-12-19(4,5)22-10-8-7-9-11-22/h21H,6-12H2,1-5H3,(H,20,23). The number of aromatic nitrogens is 1. The van der Waals surface area contributed by atoms with Crippen LogP contribution < -0.4 is 5.32 Å². The molecule has 0 unspecified atom stereocenters. The number of likely N-dealkylation sites (tertiary alicyclic amines) is 1. The van der Waals surface area contributed by atoms with Gasteiger partial charge < -0.3 is 15.0 Å². The van der Waals surface area contributed by atoms with Crippen molar-refractivity contribution in [2.45, 2.75) is 59.4 Å². The SMILES string of the molecule is CCOC(=O)c1c(C)[nH]c(C(=O)NCC(C)(C)N2CCCCC2)c1C. The van der Waals surface area contributed by atoms with Gasteiger partial charge in [0.05, 0.1) is 12.2 Å². The second-order valence-corrected chi connectivity index (χ2v) is 7.39. The van der Waals surface area contributed by atoms with Crippen LogP contribution in [-0.4, -0.2) is 53.5 Å². The van der Waals surface area contributed by atoms with Crippen LogP contribution >= 0.6 is 0 Å². The van der Waals surface area contributed by atoms with Crippen molar-refractivity contribution in [1.82, 2.24) is 15.2 Å². The number of hydrogen-bond donors (Lipinski definition) is 2. The van der Waals surface area contributed by atoms with E-state index in [-0.39, 0.29) is 17.4 Å². The summed E-state index contributed by atoms with van der Waals surface area (Å²) in [4.78, 5) is 30.2. The maximum Gasteiger partial charge on any atom is 0.340 e. The van der Waals surface area contributed by atoms with Gasteiger partial charge in [0.15, 0.2) is 0 Å². The predicted molar refractivity (Wildman–Crippen MR) is 98.1 cm³/mol. The molecule has 6 nitrogen and oxygen atoms in total. The lowest BCUT2D eigenvalue weighted by Gasteiger charge is -2.41. The molecule has 140 valence electrons. The molecule has 2 rings (SSSR count). The van der Waals surface area contributed by atoms with Crippen LogP contribution in [0, 0.1) is 13.8 Å². The minimum absolute atomic E-state index is 0.0877. The van der Waals surface area contributed by atoms with Crippen LogP contribution in [0.4, 0.5) is 0 Å². The van der Waals surface area contributed by atoms with Crippen molar-refractivity contribution in [1.29, 1.82) is 0 Å². The second-order valence-electron chi connectivity index (χ2n) is 7.39. The number of esters is 1. The number of hydrogen-bond acceptors (Lipinski definition) is 4. The van der Waals surface area contributed by atoms with E-state index >= 15 is 0 Å². The average Bonchev–Trinajstić information content (AvgIpc) is 2.88. The maximum absolute atomic E-state index is 12.6. The molecule has 6 heteroatoms. The summed E-state index contributed by atoms with van der Waals surface area (Å²) >= 11 is 0. The molecule has 25 heavy (non-hydrogen) atoms. The summed E-state index contributed by atoms with van der Waals surface area (Å²) in [7, 11) is 0. The van der Waals surface area contributed by atoms with Gasteiger partial charge in [0.1, 0.15) is 5.69 Å². The first-order valence-electron chi connectivity index (χ1n) is 9.17. The zero-order chi connectivity index (χ0) is 18.6. The third-order valence-corrected chi connectivity index (χ3v) is 5.04. The highest BCUT2D eigenvalue weighted by atomic mass is 16.5. The van der Waals surface area contributed by atoms with Gasteiger partial charge in [-0.05, 0) is 66.1 Å². The molecule has 0 aliphatic carbocycles. The van der Waals surface area contributed by atoms with Gasteiger partial charge in [0, 0.05) is 17.8 Å². The normalized spacial score (nSPS) is 15.9. The number of piperidine rings is 1. The maximum atomic E-state index is 12.6. The third kappa shape index (κ3) is 4.42. The number of H-pyrrole nitrogens is 1. The molecule has 1 aliphatic heterocycles. The number of ether oxygens (including phenoxy) is 1. The number of rotatable bonds is 6. The summed E-state index contributed by atoms with van der Waals surface area (Å²) in [6.07, 6.45) is 3.72. The van der Waals surface area contributed by atoms with Crippen LogP contribution in [-0.2, 0) is 4.74 Å². The van der Waals surface area contributed by atoms with E-state index in [9.17, 15) is 9.59 Å². The largest absolute Gasteiger partial charge is 0.462 e. The summed E-state index contributed by atoms with van der Waals surface area (Å²) in [5.41, 5.74) is 2.12. The van der Waals surface area contributed by atoms with E-state index in [0.29, 0.717) is 35.7 Å². The van der Waals surface area contributed by atoms with Crippen molar-refractivity contribution in [3.8, 4) is 0 Å². The molecule has 0 aromatic carbocycles. The fourth-order valence-electron chi connectivity index (χ4n) is 3.48. The number of amides is 1. The highest BCUT2D eigenvalue weighted by molar-refractivity contribution is 6.00. The predicted octanol–water partition coefficient (Wildman–Crippen LogP) is 2.80. The monoisotopic (exact) mass is 349 g/mol. The quantitative estimate of drug-likeness (QED) is 0.775. The van der Waals surface area contributed by atoms with Crippen LogP contribution in [0.2, 0.25) is 0 Å². The molecule has 2 heterocycles. The fourth-order valence-corrected chi connectivity index (χ4v) is 3.48. The Bertz CT molecular complexity index is 628. The van der Waals surface area contributed by atoms with E-state index in [1.807, 2.05) is 0 Å². The molecule has 2 N–H and O–H groups in total. The van der Waals surface area contributed by atoms with Crippen LogP contribution in [0.5, 0.6) is 0 Å². The second kappa shape index (κ2) is 8.04. The molecule has 1 aromatic heterocycles. The summed E-state index contributed by atoms with van der Waals surface area (Å²) in [6, 6.07) is 0. The van der Waals surface area contributed by atoms with E-state index in [1.165, 1.54) is 19.3 Å². The molecule has 1 saturated heterocycles. The van der Waals surface area contributed by atoms with Gasteiger partial charge in [-0.15, -0.1) is 0 Å². The minimum atomic E-state index is -0.388. The van der Waals surface area contributed by atoms with Gasteiger partial charge in [-0.1, -0.05) is 6.42 Å². The van der Waals surface area contributed by atoms with Gasteiger partial charge in [-0.2, -0.15) is 0 Å². The molecule has 0 spiro atoms. The summed E-state index contributed by atoms with van der Waals surface area (Å²) in [5, 5.41) is 3.02. The average molecular weight is 349 g/mol. The van der Waals surface area contributed by atoms with E-state index in [2.05, 4.69) is 29.0 Å². The van der Waals surface area contributed by atoms with Gasteiger partial charge in [0.25, 0.3) is 5.91 Å². The zero-order valence-electron chi connectivity index (χ0n) is 16.1. The lowest BCUT2D eigenvalue weighted by molar-refractivity contribution is 0.0525. The van der Waals surface area contributed by atoms with E-state index in [4.69, 9.17) is 4.74 Å². The Morgan fingerprint density at radius 3 is 2.44 bits per heavy atom. The van der Waals surface area contributed by atoms with Crippen molar-refractivity contribution < 1.29 is 14.3 Å². The van der Waals surface area contributed by atoms with Crippen LogP contribution in [0.3, 0.4) is 0 Å². The van der Waals surface area contributed by atoms with E-state index < -0.39 is 0 Å². The Morgan fingerprint density at radius 1 is 1.20 bits per heavy atom. The van der Waals surface area contributed by atoms with Crippen molar-refractivity contribution in [2.24, 2.45) is 0 Å². The molecular formula is C19H31N3O3. The minimum Gasteiger partial charge on any atom is -0.462 e. The summed E-state index contributed by atoms with van der Waals surface area (Å²) < 4.78 is 5.08. The number of nitrogens with zero attached hydrogens (tertiary/aromatic N) is 1. The fraction of sp³-hybridized carbons (Fsp3) is 0.684. The molecule has 1 aliphatic rings. The highest BCUT2D eigenvalue weighted by Crippen LogP contribution is 2.21. The van der Waals surface area contributed by atoms with Gasteiger partial charge in [0.2, 0.25) is 0 Å². The highest BCUT2D eigenvalue weighted by Gasteiger charge is 2.29. The number of carbonyl (C=O) groups excluding carboxylic acids is 2. The Kier molecular flexibility index (Phi) is 6.27. The first kappa shape index (κ1) is 19.5. The zero-order valence-corrected chi connectivity index (χ0v) is 16.1. The summed E-state index contributed by atoms with van der Waals surface area (Å²) in [6.45, 7) is 12.7. The third-order valence-electron chi connectivity index (χ3n) is 5.04. The number of aromatic amines is 1. The molecule has 0 saturated carbocycles. The van der Waals surface area contributed by atoms with E-state index in [0.717, 1.165) is 13.1 Å². The van der Waals surface area contributed by atoms with Crippen LogP contribution in [0.1, 0.15) is 72.1 Å². The summed E-state index contributed by atoms with van der Waals surface area (Å²) in [5.74, 6) is -0.567. The molecular weight excluding hydrogens is 318 g/mol. The first-order chi connectivity index (χ1) is 11.8. The molecule has 0 radical (unpaired) electrons. The van der Waals surface area contributed by atoms with Crippen molar-refractivity contribution in [3.63, 3.8) is 0 Å². The van der Waals surface area contributed by atoms with Crippen LogP contribution in [0.15, 0.2) is 0 Å². The van der Waals surface area contributed by atoms with Gasteiger partial charge in [-0.25, -0.2) is 4.79 Å². The van der Waals surface area contributed by atoms with Crippen molar-refractivity contribution in [3.05, 3.63) is 22.5 Å². The first-order valence-corrected chi connectivity index (χ1v) is 9.17. The topological polar surface area (TPSA) is 74.4 Å². The lowest BCUT2D eigenvalue weighted by Crippen LogP contribution is -2.53. The van der Waals surface area contributed by atoms with Crippen molar-refractivity contribution in [2.75, 3.05) is 26.2 Å². The van der Waals surface area contributed by atoms with Crippen LogP contribution in [0.25, 0.3) is 0 Å². The Morgan fingerprint density at radius 2 is 1.84 bits per heavy atom. The Balaban J connectivity index is 2.06. The van der Waals surface area contributed by atoms with Gasteiger partial charge >= 0.3 is 5.97 Å². The molecule has 0 bridgehead atoms. The molecule has 1 aromatic rings. The molecule has 1 fully saturated rings. The van der Waals surface area contributed by atoms with E-state index in [1.54, 1.807) is 20.8 Å². The Hall–Kier alpha value is -1.82. The Labute approximate surface area is 150 Å².